The topological polar surface area (TPSA) is 47.7 Å². The minimum atomic E-state index is 0.145. The van der Waals surface area contributed by atoms with E-state index in [0.717, 1.165) is 23.4 Å². The predicted molar refractivity (Wildman–Crippen MR) is 71.7 cm³/mol. The Morgan fingerprint density at radius 3 is 2.61 bits per heavy atom. The number of rotatable bonds is 4. The lowest BCUT2D eigenvalue weighted by molar-refractivity contribution is 0.576. The van der Waals surface area contributed by atoms with Crippen LogP contribution < -0.4 is 5.32 Å². The van der Waals surface area contributed by atoms with Gasteiger partial charge in [-0.15, -0.1) is 0 Å². The molecule has 1 atom stereocenters. The first-order valence-electron chi connectivity index (χ1n) is 5.86. The van der Waals surface area contributed by atoms with Crippen LogP contribution in [-0.4, -0.2) is 26.4 Å². The van der Waals surface area contributed by atoms with E-state index in [1.165, 1.54) is 0 Å². The Kier molecular flexibility index (Phi) is 3.73. The Morgan fingerprint density at radius 2 is 2.17 bits per heavy atom. The number of aryl methyl sites for hydroxylation is 3. The number of likely N-dealkylation sites (N-methyl/N-ethyl adjacent to an activating group) is 1. The second-order valence-electron chi connectivity index (χ2n) is 4.49. The number of nitrogens with one attached hydrogen (secondary N) is 1. The van der Waals surface area contributed by atoms with Crippen LogP contribution in [0.15, 0.2) is 12.5 Å². The van der Waals surface area contributed by atoms with Gasteiger partial charge < -0.3 is 9.88 Å². The van der Waals surface area contributed by atoms with Crippen LogP contribution in [0.5, 0.6) is 0 Å². The first kappa shape index (κ1) is 13.1. The van der Waals surface area contributed by atoms with Crippen molar-refractivity contribution in [1.29, 1.82) is 0 Å². The van der Waals surface area contributed by atoms with Gasteiger partial charge in [0.2, 0.25) is 0 Å². The van der Waals surface area contributed by atoms with Crippen LogP contribution in [0.3, 0.4) is 0 Å². The molecule has 0 aliphatic carbocycles. The van der Waals surface area contributed by atoms with E-state index in [-0.39, 0.29) is 6.04 Å². The first-order valence-corrected chi connectivity index (χ1v) is 6.23. The van der Waals surface area contributed by atoms with Gasteiger partial charge in [0.15, 0.2) is 0 Å². The molecule has 6 heteroatoms. The third-order valence-electron chi connectivity index (χ3n) is 3.11. The Balaban J connectivity index is 2.25. The summed E-state index contributed by atoms with van der Waals surface area (Å²) < 4.78 is 3.65. The van der Waals surface area contributed by atoms with Crippen molar-refractivity contribution in [2.24, 2.45) is 14.1 Å². The summed E-state index contributed by atoms with van der Waals surface area (Å²) in [7, 11) is 5.75. The highest BCUT2D eigenvalue weighted by Gasteiger charge is 2.18. The zero-order valence-electron chi connectivity index (χ0n) is 11.1. The van der Waals surface area contributed by atoms with Gasteiger partial charge >= 0.3 is 0 Å². The number of hydrogen-bond acceptors (Lipinski definition) is 3. The summed E-state index contributed by atoms with van der Waals surface area (Å²) in [4.78, 5) is 4.38. The third-order valence-corrected chi connectivity index (χ3v) is 3.58. The molecule has 2 aromatic rings. The third kappa shape index (κ3) is 2.42. The van der Waals surface area contributed by atoms with Crippen molar-refractivity contribution >= 4 is 11.6 Å². The van der Waals surface area contributed by atoms with Gasteiger partial charge in [-0.1, -0.05) is 11.6 Å². The second kappa shape index (κ2) is 5.12. The van der Waals surface area contributed by atoms with E-state index in [0.29, 0.717) is 5.15 Å². The zero-order valence-corrected chi connectivity index (χ0v) is 11.9. The number of imidazole rings is 1. The van der Waals surface area contributed by atoms with Crippen LogP contribution in [-0.2, 0) is 20.5 Å². The molecule has 0 aliphatic heterocycles. The SMILES string of the molecule is CNC(Cc1c(C)nn(C)c1Cl)c1cn(C)cn1. The fraction of sp³-hybridized carbons (Fsp3) is 0.500. The normalized spacial score (nSPS) is 12.9. The van der Waals surface area contributed by atoms with Gasteiger partial charge in [0.25, 0.3) is 0 Å². The molecule has 5 nitrogen and oxygen atoms in total. The molecule has 18 heavy (non-hydrogen) atoms. The zero-order chi connectivity index (χ0) is 13.3. The number of nitrogens with zero attached hydrogens (tertiary/aromatic N) is 4. The van der Waals surface area contributed by atoms with Crippen molar-refractivity contribution in [2.45, 2.75) is 19.4 Å². The van der Waals surface area contributed by atoms with Gasteiger partial charge in [0.1, 0.15) is 5.15 Å². The maximum atomic E-state index is 6.25. The lowest BCUT2D eigenvalue weighted by Gasteiger charge is -2.13. The van der Waals surface area contributed by atoms with Crippen LogP contribution in [0.4, 0.5) is 0 Å². The molecule has 0 spiro atoms. The van der Waals surface area contributed by atoms with E-state index < -0.39 is 0 Å². The standard InChI is InChI=1S/C12H18ClN5/c1-8-9(12(13)18(4)16-8)5-10(14-2)11-6-17(3)7-15-11/h6-7,10,14H,5H2,1-4H3. The highest BCUT2D eigenvalue weighted by Crippen LogP contribution is 2.24. The smallest absolute Gasteiger partial charge is 0.130 e. The average molecular weight is 268 g/mol. The van der Waals surface area contributed by atoms with Crippen molar-refractivity contribution in [3.8, 4) is 0 Å². The molecule has 0 saturated heterocycles. The highest BCUT2D eigenvalue weighted by atomic mass is 35.5. The van der Waals surface area contributed by atoms with E-state index in [2.05, 4.69) is 15.4 Å². The fourth-order valence-electron chi connectivity index (χ4n) is 2.08. The molecule has 0 aliphatic rings. The molecule has 1 unspecified atom stereocenters. The summed E-state index contributed by atoms with van der Waals surface area (Å²) in [5.74, 6) is 0. The van der Waals surface area contributed by atoms with E-state index >= 15 is 0 Å². The summed E-state index contributed by atoms with van der Waals surface area (Å²) in [6.07, 6.45) is 4.60. The minimum absolute atomic E-state index is 0.145. The summed E-state index contributed by atoms with van der Waals surface area (Å²) in [5, 5.41) is 8.30. The molecular formula is C12H18ClN5. The van der Waals surface area contributed by atoms with Crippen LogP contribution >= 0.6 is 11.6 Å². The van der Waals surface area contributed by atoms with Crippen LogP contribution in [0.2, 0.25) is 5.15 Å². The molecule has 2 rings (SSSR count). The van der Waals surface area contributed by atoms with Crippen LogP contribution in [0, 0.1) is 6.92 Å². The van der Waals surface area contributed by atoms with Gasteiger partial charge in [-0.3, -0.25) is 4.68 Å². The fourth-order valence-corrected chi connectivity index (χ4v) is 2.33. The Bertz CT molecular complexity index is 543. The molecular weight excluding hydrogens is 250 g/mol. The lowest BCUT2D eigenvalue weighted by atomic mass is 10.0. The summed E-state index contributed by atoms with van der Waals surface area (Å²) >= 11 is 6.25. The number of aromatic nitrogens is 4. The van der Waals surface area contributed by atoms with Crippen LogP contribution in [0.25, 0.3) is 0 Å². The van der Waals surface area contributed by atoms with E-state index in [4.69, 9.17) is 11.6 Å². The molecule has 98 valence electrons. The van der Waals surface area contributed by atoms with Crippen molar-refractivity contribution in [3.05, 3.63) is 34.6 Å². The molecule has 2 aromatic heterocycles. The monoisotopic (exact) mass is 267 g/mol. The molecule has 2 heterocycles. The molecule has 0 radical (unpaired) electrons. The molecule has 0 aromatic carbocycles. The van der Waals surface area contributed by atoms with Crippen molar-refractivity contribution in [2.75, 3.05) is 7.05 Å². The molecule has 0 amide bonds. The molecule has 0 fully saturated rings. The van der Waals surface area contributed by atoms with Gasteiger partial charge in [-0.25, -0.2) is 4.98 Å². The van der Waals surface area contributed by atoms with Gasteiger partial charge in [-0.2, -0.15) is 5.10 Å². The minimum Gasteiger partial charge on any atom is -0.340 e. The van der Waals surface area contributed by atoms with Gasteiger partial charge in [-0.05, 0) is 20.4 Å². The second-order valence-corrected chi connectivity index (χ2v) is 4.85. The van der Waals surface area contributed by atoms with E-state index in [9.17, 15) is 0 Å². The predicted octanol–water partition coefficient (Wildman–Crippen LogP) is 1.62. The Hall–Kier alpha value is -1.33. The summed E-state index contributed by atoms with van der Waals surface area (Å²) in [5.41, 5.74) is 3.06. The van der Waals surface area contributed by atoms with Crippen molar-refractivity contribution in [3.63, 3.8) is 0 Å². The quantitative estimate of drug-likeness (QED) is 0.916. The highest BCUT2D eigenvalue weighted by molar-refractivity contribution is 6.30. The van der Waals surface area contributed by atoms with Gasteiger partial charge in [0.05, 0.1) is 23.8 Å². The maximum absolute atomic E-state index is 6.25. The molecule has 0 bridgehead atoms. The largest absolute Gasteiger partial charge is 0.340 e. The maximum Gasteiger partial charge on any atom is 0.130 e. The molecule has 1 N–H and O–H groups in total. The van der Waals surface area contributed by atoms with E-state index in [1.807, 2.05) is 38.8 Å². The van der Waals surface area contributed by atoms with Crippen molar-refractivity contribution < 1.29 is 0 Å². The summed E-state index contributed by atoms with van der Waals surface area (Å²) in [6, 6.07) is 0.145. The lowest BCUT2D eigenvalue weighted by Crippen LogP contribution is -2.19. The molecule has 0 saturated carbocycles. The average Bonchev–Trinajstić information content (AvgIpc) is 2.84. The van der Waals surface area contributed by atoms with E-state index in [1.54, 1.807) is 11.0 Å². The van der Waals surface area contributed by atoms with Gasteiger partial charge in [0, 0.05) is 25.9 Å². The summed E-state index contributed by atoms with van der Waals surface area (Å²) in [6.45, 7) is 1.98. The Labute approximate surface area is 112 Å². The first-order chi connectivity index (χ1) is 8.52. The van der Waals surface area contributed by atoms with Crippen LogP contribution in [0.1, 0.15) is 23.0 Å². The number of halogens is 1. The van der Waals surface area contributed by atoms with Crippen molar-refractivity contribution in [1.82, 2.24) is 24.6 Å². The Morgan fingerprint density at radius 1 is 1.44 bits per heavy atom. The number of hydrogen-bond donors (Lipinski definition) is 1.